The molecule has 6 heterocycles. The molecule has 30 nitrogen and oxygen atoms in total. The Morgan fingerprint density at radius 1 is 0.281 bits per heavy atom. The van der Waals surface area contributed by atoms with E-state index in [0.717, 1.165) is 118 Å². The minimum Gasteiger partial charge on any atom is -0.359 e. The number of anilines is 8. The second-order valence-corrected chi connectivity index (χ2v) is 28.7. The van der Waals surface area contributed by atoms with Crippen LogP contribution in [0.4, 0.5) is 47.6 Å². The third-order valence-electron chi connectivity index (χ3n) is 13.8. The topological polar surface area (TPSA) is 373 Å². The molecular formula is C60H108N30S6. The number of guanidine groups is 4. The van der Waals surface area contributed by atoms with E-state index >= 15 is 0 Å². The highest BCUT2D eigenvalue weighted by Gasteiger charge is 2.20. The van der Waals surface area contributed by atoms with Crippen LogP contribution in [0.15, 0.2) is 40.6 Å². The summed E-state index contributed by atoms with van der Waals surface area (Å²) < 4.78 is 0. The Kier molecular flexibility index (Phi) is 40.8. The number of hydrogen-bond acceptors (Lipinski definition) is 36. The zero-order chi connectivity index (χ0) is 67.9. The average molecular weight is 1440 g/mol. The molecule has 534 valence electrons. The summed E-state index contributed by atoms with van der Waals surface area (Å²) in [6.45, 7) is 18.5. The van der Waals surface area contributed by atoms with Crippen molar-refractivity contribution in [1.82, 2.24) is 91.7 Å². The van der Waals surface area contributed by atoms with Gasteiger partial charge in [0.15, 0.2) is 31.6 Å². The number of nitrogens with zero attached hydrogens (tertiary/aromatic N) is 16. The van der Waals surface area contributed by atoms with Crippen LogP contribution < -0.4 is 74.4 Å². The molecule has 0 saturated carbocycles. The maximum absolute atomic E-state index is 4.94. The quantitative estimate of drug-likeness (QED) is 0.0144. The van der Waals surface area contributed by atoms with E-state index in [1.165, 1.54) is 32.1 Å². The number of aromatic nitrogens is 12. The predicted molar refractivity (Wildman–Crippen MR) is 410 cm³/mol. The van der Waals surface area contributed by atoms with Gasteiger partial charge in [-0.2, -0.15) is 69.8 Å². The molecule has 4 aromatic heterocycles. The normalized spacial score (nSPS) is 14.2. The van der Waals surface area contributed by atoms with Gasteiger partial charge in [-0.05, 0) is 50.0 Å². The fourth-order valence-corrected chi connectivity index (χ4v) is 13.9. The first kappa shape index (κ1) is 79.0. The van der Waals surface area contributed by atoms with Gasteiger partial charge < -0.3 is 74.4 Å². The molecule has 14 N–H and O–H groups in total. The number of thioether (sulfide) groups is 6. The van der Waals surface area contributed by atoms with Gasteiger partial charge in [0.2, 0.25) is 71.4 Å². The van der Waals surface area contributed by atoms with Crippen LogP contribution in [-0.4, -0.2) is 209 Å². The van der Waals surface area contributed by atoms with E-state index in [0.29, 0.717) is 157 Å². The molecule has 2 aliphatic rings. The third kappa shape index (κ3) is 33.5. The lowest BCUT2D eigenvalue weighted by Crippen LogP contribution is -2.48. The number of rotatable bonds is 53. The van der Waals surface area contributed by atoms with Crippen LogP contribution >= 0.6 is 70.6 Å². The van der Waals surface area contributed by atoms with Crippen molar-refractivity contribution in [2.24, 2.45) is 20.0 Å². The number of aliphatic imine (C=N–C) groups is 4. The lowest BCUT2D eigenvalue weighted by molar-refractivity contribution is 0.748. The molecule has 4 aromatic rings. The van der Waals surface area contributed by atoms with Crippen molar-refractivity contribution < 1.29 is 0 Å². The Morgan fingerprint density at radius 3 is 0.844 bits per heavy atom. The molecule has 0 saturated heterocycles. The van der Waals surface area contributed by atoms with Crippen LogP contribution in [0, 0.1) is 0 Å². The maximum atomic E-state index is 4.94. The second kappa shape index (κ2) is 49.5. The van der Waals surface area contributed by atoms with Gasteiger partial charge in [-0.25, -0.2) is 9.98 Å². The van der Waals surface area contributed by atoms with Crippen molar-refractivity contribution in [2.45, 2.75) is 189 Å². The summed E-state index contributed by atoms with van der Waals surface area (Å²) in [5.41, 5.74) is -0.316. The first-order valence-corrected chi connectivity index (χ1v) is 40.6. The summed E-state index contributed by atoms with van der Waals surface area (Å²) in [5, 5.41) is 49.8. The molecule has 0 amide bonds. The monoisotopic (exact) mass is 1440 g/mol. The van der Waals surface area contributed by atoms with Crippen molar-refractivity contribution in [1.29, 1.82) is 0 Å². The van der Waals surface area contributed by atoms with E-state index in [4.69, 9.17) is 59.8 Å². The first-order chi connectivity index (χ1) is 47.2. The van der Waals surface area contributed by atoms with E-state index in [1.807, 2.05) is 14.1 Å². The molecule has 36 heteroatoms. The zero-order valence-electron chi connectivity index (χ0n) is 57.8. The highest BCUT2D eigenvalue weighted by atomic mass is 32.2. The smallest absolute Gasteiger partial charge is 0.228 e. The van der Waals surface area contributed by atoms with Gasteiger partial charge >= 0.3 is 0 Å². The summed E-state index contributed by atoms with van der Waals surface area (Å²) in [6.07, 6.45) is 20.6. The molecule has 2 atom stereocenters. The second-order valence-electron chi connectivity index (χ2n) is 22.0. The van der Waals surface area contributed by atoms with Gasteiger partial charge in [-0.3, -0.25) is 0 Å². The highest BCUT2D eigenvalue weighted by molar-refractivity contribution is 8.00. The van der Waals surface area contributed by atoms with Gasteiger partial charge in [-0.1, -0.05) is 166 Å². The lowest BCUT2D eigenvalue weighted by atomic mass is 10.3. The molecule has 2 unspecified atom stereocenters. The van der Waals surface area contributed by atoms with Gasteiger partial charge in [0.05, 0.1) is 0 Å². The van der Waals surface area contributed by atoms with E-state index in [-0.39, 0.29) is 11.0 Å². The van der Waals surface area contributed by atoms with Crippen LogP contribution in [-0.2, 0) is 0 Å². The standard InChI is InChI=1S/C60H108N30S6/c1-9-15-21-37-91-55-79-43(61-7)73-45(81-55)63-27-29-65-47-75-49(85-57(83-47)93-39-23-17-11-3)67-31-33-69-51-77-53(89-59(87-51)95-41-25-19-13-5)71-35-36-72-54-78-52(88-60(90-54)96-42-26-20-14-6)70-34-32-68-50-76-48(84-58(86-50)94-40-24-18-12-4)66-30-28-64-46-74-44(62-8)80-56(82-46)92-38-22-16-10-2/h55,59H,9-42H2,1-8H3,(H3,61,63,73,79,81)(H2,62,64,74,80,82)(H2,65,67,75,83,85)(H2,66,68,76,84,86)(H3,69,71,77,87,89)(H2,70,72,78,88,90). The largest absolute Gasteiger partial charge is 0.359 e. The molecule has 0 spiro atoms. The molecule has 0 fully saturated rings. The van der Waals surface area contributed by atoms with Crippen molar-refractivity contribution in [3.05, 3.63) is 0 Å². The van der Waals surface area contributed by atoms with Crippen LogP contribution in [0.3, 0.4) is 0 Å². The van der Waals surface area contributed by atoms with Gasteiger partial charge in [0.1, 0.15) is 0 Å². The third-order valence-corrected chi connectivity index (χ3v) is 19.6. The van der Waals surface area contributed by atoms with Crippen molar-refractivity contribution >= 4 is 142 Å². The Morgan fingerprint density at radius 2 is 0.542 bits per heavy atom. The van der Waals surface area contributed by atoms with Crippen LogP contribution in [0.2, 0.25) is 0 Å². The summed E-state index contributed by atoms with van der Waals surface area (Å²) in [4.78, 5) is 75.8. The van der Waals surface area contributed by atoms with Crippen LogP contribution in [0.25, 0.3) is 0 Å². The molecule has 6 rings (SSSR count). The summed E-state index contributed by atoms with van der Waals surface area (Å²) in [5.74, 6) is 12.1. The fraction of sp³-hybridized carbons (Fsp3) is 0.733. The Hall–Kier alpha value is -5.98. The maximum Gasteiger partial charge on any atom is 0.228 e. The van der Waals surface area contributed by atoms with Crippen molar-refractivity contribution in [3.63, 3.8) is 0 Å². The minimum absolute atomic E-state index is 0.0990. The Bertz CT molecular complexity index is 2910. The predicted octanol–water partition coefficient (Wildman–Crippen LogP) is 9.61. The van der Waals surface area contributed by atoms with E-state index < -0.39 is 0 Å². The summed E-state index contributed by atoms with van der Waals surface area (Å²) >= 11 is 10.1. The van der Waals surface area contributed by atoms with E-state index in [1.54, 1.807) is 70.6 Å². The Balaban J connectivity index is 1.02. The van der Waals surface area contributed by atoms with Crippen molar-refractivity contribution in [3.8, 4) is 0 Å². The first-order valence-electron chi connectivity index (χ1n) is 34.6. The molecule has 0 aromatic carbocycles. The van der Waals surface area contributed by atoms with Gasteiger partial charge in [0, 0.05) is 103 Å². The SMILES string of the molecule is CCCCCSc1nc(NC)nc(NCCNc2nc(NCCNc3nc(NCCNC4=NC(SCCCCC)NC(NCCNc5nc(NCCNC6=NC(SCCCCC)NC(NC)=N6)nc(SCCCCC)n5)=N4)nc(SCCCCC)n3)nc(SCCCCC)n2)n1. The number of nitrogens with one attached hydrogen (secondary N) is 14. The lowest BCUT2D eigenvalue weighted by Gasteiger charge is -2.23. The highest BCUT2D eigenvalue weighted by Crippen LogP contribution is 2.24. The summed E-state index contributed by atoms with van der Waals surface area (Å²) in [6, 6.07) is 0. The number of hydrogen-bond donors (Lipinski definition) is 14. The minimum atomic E-state index is -0.217. The molecule has 0 aliphatic carbocycles. The molecule has 0 radical (unpaired) electrons. The summed E-state index contributed by atoms with van der Waals surface area (Å²) in [7, 11) is 3.67. The van der Waals surface area contributed by atoms with Crippen LogP contribution in [0.1, 0.15) is 157 Å². The van der Waals surface area contributed by atoms with Gasteiger partial charge in [-0.15, -0.1) is 23.5 Å². The number of unbranched alkanes of at least 4 members (excludes halogenated alkanes) is 12. The molecular weight excluding hydrogens is 1330 g/mol. The fourth-order valence-electron chi connectivity index (χ4n) is 8.66. The zero-order valence-corrected chi connectivity index (χ0v) is 62.7. The van der Waals surface area contributed by atoms with Crippen LogP contribution in [0.5, 0.6) is 0 Å². The molecule has 96 heavy (non-hydrogen) atoms. The Labute approximate surface area is 595 Å². The van der Waals surface area contributed by atoms with Crippen molar-refractivity contribution in [2.75, 3.05) is 157 Å². The van der Waals surface area contributed by atoms with Gasteiger partial charge in [0.25, 0.3) is 0 Å². The molecule has 0 bridgehead atoms. The van der Waals surface area contributed by atoms with E-state index in [9.17, 15) is 0 Å². The van der Waals surface area contributed by atoms with E-state index in [2.05, 4.69) is 136 Å². The average Bonchev–Trinajstić information content (AvgIpc) is 3.84. The molecule has 2 aliphatic heterocycles.